The van der Waals surface area contributed by atoms with Crippen LogP contribution in [0, 0.1) is 0 Å². The molecule has 0 aromatic heterocycles. The Labute approximate surface area is 69.1 Å². The normalized spacial score (nSPS) is 26.8. The van der Waals surface area contributed by atoms with Gasteiger partial charge in [0.05, 0.1) is 0 Å². The Morgan fingerprint density at radius 1 is 1.82 bits per heavy atom. The molecule has 1 aliphatic rings. The predicted molar refractivity (Wildman–Crippen MR) is 48.7 cm³/mol. The second-order valence-electron chi connectivity index (χ2n) is 3.23. The first kappa shape index (κ1) is 8.75. The van der Waals surface area contributed by atoms with Crippen LogP contribution >= 0.6 is 0 Å². The average molecular weight is 154 g/mol. The van der Waals surface area contributed by atoms with Crippen molar-refractivity contribution >= 4 is 0 Å². The maximum Gasteiger partial charge on any atom is 0.0219 e. The number of rotatable bonds is 4. The molecule has 1 rings (SSSR count). The van der Waals surface area contributed by atoms with Gasteiger partial charge < -0.3 is 10.6 Å². The van der Waals surface area contributed by atoms with E-state index in [1.54, 1.807) is 0 Å². The quantitative estimate of drug-likeness (QED) is 0.588. The van der Waals surface area contributed by atoms with Gasteiger partial charge in [-0.1, -0.05) is 6.08 Å². The van der Waals surface area contributed by atoms with Crippen LogP contribution in [0.2, 0.25) is 0 Å². The van der Waals surface area contributed by atoms with Crippen LogP contribution < -0.4 is 10.6 Å². The van der Waals surface area contributed by atoms with Crippen molar-refractivity contribution in [2.24, 2.45) is 0 Å². The smallest absolute Gasteiger partial charge is 0.0219 e. The average Bonchev–Trinajstić information content (AvgIpc) is 2.52. The number of nitrogens with one attached hydrogen (secondary N) is 2. The third-order valence-corrected chi connectivity index (χ3v) is 2.20. The highest BCUT2D eigenvalue weighted by Gasteiger charge is 2.13. The monoisotopic (exact) mass is 154 g/mol. The molecule has 1 heterocycles. The van der Waals surface area contributed by atoms with E-state index in [4.69, 9.17) is 0 Å². The molecule has 0 saturated carbocycles. The van der Waals surface area contributed by atoms with Gasteiger partial charge in [0.25, 0.3) is 0 Å². The van der Waals surface area contributed by atoms with Crippen LogP contribution in [0.1, 0.15) is 19.8 Å². The van der Waals surface area contributed by atoms with Crippen LogP contribution in [0.4, 0.5) is 0 Å². The Balaban J connectivity index is 2.06. The lowest BCUT2D eigenvalue weighted by Crippen LogP contribution is -2.37. The number of hydrogen-bond donors (Lipinski definition) is 2. The molecule has 0 spiro atoms. The fraction of sp³-hybridized carbons (Fsp3) is 0.778. The summed E-state index contributed by atoms with van der Waals surface area (Å²) in [6.07, 6.45) is 4.58. The molecule has 1 fully saturated rings. The fourth-order valence-corrected chi connectivity index (χ4v) is 1.34. The molecule has 11 heavy (non-hydrogen) atoms. The van der Waals surface area contributed by atoms with Crippen molar-refractivity contribution in [3.63, 3.8) is 0 Å². The molecule has 1 saturated heterocycles. The van der Waals surface area contributed by atoms with Crippen LogP contribution in [0.15, 0.2) is 12.7 Å². The van der Waals surface area contributed by atoms with Gasteiger partial charge in [-0.25, -0.2) is 0 Å². The third kappa shape index (κ3) is 3.04. The summed E-state index contributed by atoms with van der Waals surface area (Å²) in [5.74, 6) is 0. The summed E-state index contributed by atoms with van der Waals surface area (Å²) >= 11 is 0. The number of hydrogen-bond acceptors (Lipinski definition) is 2. The van der Waals surface area contributed by atoms with Crippen molar-refractivity contribution in [2.45, 2.75) is 31.8 Å². The third-order valence-electron chi connectivity index (χ3n) is 2.20. The van der Waals surface area contributed by atoms with Gasteiger partial charge in [-0.3, -0.25) is 0 Å². The van der Waals surface area contributed by atoms with E-state index in [0.717, 1.165) is 6.54 Å². The Hall–Kier alpha value is -0.340. The summed E-state index contributed by atoms with van der Waals surface area (Å²) in [4.78, 5) is 0. The zero-order chi connectivity index (χ0) is 8.10. The Bertz CT molecular complexity index is 117. The Kier molecular flexibility index (Phi) is 3.60. The minimum absolute atomic E-state index is 0.442. The molecule has 0 bridgehead atoms. The zero-order valence-corrected chi connectivity index (χ0v) is 7.27. The summed E-state index contributed by atoms with van der Waals surface area (Å²) in [6.45, 7) is 8.12. The van der Waals surface area contributed by atoms with Crippen molar-refractivity contribution in [2.75, 3.05) is 13.1 Å². The molecule has 2 heteroatoms. The van der Waals surface area contributed by atoms with E-state index in [-0.39, 0.29) is 0 Å². The van der Waals surface area contributed by atoms with Crippen LogP contribution in [0.5, 0.6) is 0 Å². The summed E-state index contributed by atoms with van der Waals surface area (Å²) in [6, 6.07) is 1.13. The molecular weight excluding hydrogens is 136 g/mol. The predicted octanol–water partition coefficient (Wildman–Crippen LogP) is 0.902. The Morgan fingerprint density at radius 2 is 2.64 bits per heavy atom. The molecule has 2 N–H and O–H groups in total. The topological polar surface area (TPSA) is 24.1 Å². The molecule has 1 aliphatic heterocycles. The van der Waals surface area contributed by atoms with Gasteiger partial charge in [0.1, 0.15) is 0 Å². The van der Waals surface area contributed by atoms with Crippen LogP contribution in [-0.2, 0) is 0 Å². The first-order valence-corrected chi connectivity index (χ1v) is 4.42. The fourth-order valence-electron chi connectivity index (χ4n) is 1.34. The maximum atomic E-state index is 3.72. The van der Waals surface area contributed by atoms with E-state index in [2.05, 4.69) is 24.1 Å². The SMILES string of the molecule is C=CC(C)NCC1CCCN1. The highest BCUT2D eigenvalue weighted by molar-refractivity contribution is 4.84. The molecule has 0 radical (unpaired) electrons. The van der Waals surface area contributed by atoms with Crippen LogP contribution in [0.3, 0.4) is 0 Å². The standard InChI is InChI=1S/C9H18N2/c1-3-8(2)11-7-9-5-4-6-10-9/h3,8-11H,1,4-7H2,2H3. The van der Waals surface area contributed by atoms with Gasteiger partial charge >= 0.3 is 0 Å². The minimum atomic E-state index is 0.442. The van der Waals surface area contributed by atoms with Gasteiger partial charge in [-0.05, 0) is 26.3 Å². The minimum Gasteiger partial charge on any atom is -0.313 e. The largest absolute Gasteiger partial charge is 0.313 e. The van der Waals surface area contributed by atoms with Gasteiger partial charge in [0.2, 0.25) is 0 Å². The summed E-state index contributed by atoms with van der Waals surface area (Å²) in [7, 11) is 0. The Morgan fingerprint density at radius 3 is 3.18 bits per heavy atom. The maximum absolute atomic E-state index is 3.72. The van der Waals surface area contributed by atoms with Gasteiger partial charge in [0, 0.05) is 18.6 Å². The molecule has 64 valence electrons. The van der Waals surface area contributed by atoms with Gasteiger partial charge in [-0.15, -0.1) is 6.58 Å². The molecule has 0 aromatic rings. The lowest BCUT2D eigenvalue weighted by Gasteiger charge is -2.13. The first-order valence-electron chi connectivity index (χ1n) is 4.42. The summed E-state index contributed by atoms with van der Waals surface area (Å²) in [5, 5.41) is 6.83. The van der Waals surface area contributed by atoms with E-state index in [9.17, 15) is 0 Å². The van der Waals surface area contributed by atoms with Crippen molar-refractivity contribution in [3.8, 4) is 0 Å². The zero-order valence-electron chi connectivity index (χ0n) is 7.27. The summed E-state index contributed by atoms with van der Waals surface area (Å²) < 4.78 is 0. The van der Waals surface area contributed by atoms with E-state index >= 15 is 0 Å². The lowest BCUT2D eigenvalue weighted by atomic mass is 10.2. The van der Waals surface area contributed by atoms with Crippen molar-refractivity contribution in [1.82, 2.24) is 10.6 Å². The van der Waals surface area contributed by atoms with Crippen LogP contribution in [0.25, 0.3) is 0 Å². The first-order chi connectivity index (χ1) is 5.33. The van der Waals surface area contributed by atoms with E-state index < -0.39 is 0 Å². The molecule has 2 unspecified atom stereocenters. The second kappa shape index (κ2) is 4.52. The van der Waals surface area contributed by atoms with Gasteiger partial charge in [-0.2, -0.15) is 0 Å². The second-order valence-corrected chi connectivity index (χ2v) is 3.23. The van der Waals surface area contributed by atoms with Crippen LogP contribution in [-0.4, -0.2) is 25.2 Å². The van der Waals surface area contributed by atoms with E-state index in [1.807, 2.05) is 6.08 Å². The molecule has 2 nitrogen and oxygen atoms in total. The van der Waals surface area contributed by atoms with E-state index in [1.165, 1.54) is 19.4 Å². The van der Waals surface area contributed by atoms with Gasteiger partial charge in [0.15, 0.2) is 0 Å². The molecular formula is C9H18N2. The summed E-state index contributed by atoms with van der Waals surface area (Å²) in [5.41, 5.74) is 0. The van der Waals surface area contributed by atoms with E-state index in [0.29, 0.717) is 12.1 Å². The lowest BCUT2D eigenvalue weighted by molar-refractivity contribution is 0.516. The highest BCUT2D eigenvalue weighted by atomic mass is 15.0. The molecule has 2 atom stereocenters. The van der Waals surface area contributed by atoms with Crippen molar-refractivity contribution in [3.05, 3.63) is 12.7 Å². The van der Waals surface area contributed by atoms with Crippen molar-refractivity contribution < 1.29 is 0 Å². The van der Waals surface area contributed by atoms with Crippen molar-refractivity contribution in [1.29, 1.82) is 0 Å². The molecule has 0 amide bonds. The molecule has 0 aliphatic carbocycles. The highest BCUT2D eigenvalue weighted by Crippen LogP contribution is 2.03. The molecule has 0 aromatic carbocycles.